The third-order valence-corrected chi connectivity index (χ3v) is 2.49. The molecule has 1 aromatic heterocycles. The third-order valence-electron chi connectivity index (χ3n) is 2.49. The minimum atomic E-state index is 0.560. The largest absolute Gasteiger partial charge is 0.462 e. The normalized spacial score (nSPS) is 16.1. The van der Waals surface area contributed by atoms with Gasteiger partial charge in [-0.3, -0.25) is 0 Å². The zero-order valence-electron chi connectivity index (χ0n) is 8.80. The Kier molecular flexibility index (Phi) is 2.89. The van der Waals surface area contributed by atoms with Crippen molar-refractivity contribution in [2.24, 2.45) is 0 Å². The number of hydrogen-bond donors (Lipinski definition) is 1. The topological polar surface area (TPSA) is 34.4 Å². The number of methoxy groups -OCH3 is 1. The summed E-state index contributed by atoms with van der Waals surface area (Å²) in [6.07, 6.45) is 2.62. The van der Waals surface area contributed by atoms with Gasteiger partial charge in [0.15, 0.2) is 0 Å². The summed E-state index contributed by atoms with van der Waals surface area (Å²) in [5.41, 5.74) is 1.21. The van der Waals surface area contributed by atoms with Gasteiger partial charge in [-0.1, -0.05) is 0 Å². The van der Waals surface area contributed by atoms with Crippen molar-refractivity contribution < 1.29 is 9.15 Å². The van der Waals surface area contributed by atoms with Crippen molar-refractivity contribution in [3.63, 3.8) is 0 Å². The van der Waals surface area contributed by atoms with Crippen molar-refractivity contribution >= 4 is 0 Å². The van der Waals surface area contributed by atoms with Crippen LogP contribution in [0.1, 0.15) is 29.9 Å². The average Bonchev–Trinajstić information content (AvgIpc) is 2.90. The Balaban J connectivity index is 1.93. The van der Waals surface area contributed by atoms with E-state index >= 15 is 0 Å². The van der Waals surface area contributed by atoms with Crippen LogP contribution in [0.4, 0.5) is 0 Å². The molecule has 1 aliphatic rings. The molecular formula is C11H17NO2. The molecule has 2 rings (SSSR count). The van der Waals surface area contributed by atoms with Crippen LogP contribution in [0, 0.1) is 6.92 Å². The fraction of sp³-hybridized carbons (Fsp3) is 0.636. The maximum atomic E-state index is 5.65. The van der Waals surface area contributed by atoms with Gasteiger partial charge >= 0.3 is 0 Å². The van der Waals surface area contributed by atoms with Crippen LogP contribution in [-0.2, 0) is 17.9 Å². The Bertz CT molecular complexity index is 302. The molecule has 0 spiro atoms. The molecule has 78 valence electrons. The van der Waals surface area contributed by atoms with Crippen LogP contribution >= 0.6 is 0 Å². The molecule has 1 fully saturated rings. The van der Waals surface area contributed by atoms with Gasteiger partial charge in [0.2, 0.25) is 0 Å². The number of hydrogen-bond acceptors (Lipinski definition) is 3. The van der Waals surface area contributed by atoms with Crippen LogP contribution < -0.4 is 5.32 Å². The van der Waals surface area contributed by atoms with Crippen molar-refractivity contribution in [3.05, 3.63) is 23.2 Å². The van der Waals surface area contributed by atoms with Crippen molar-refractivity contribution in [1.29, 1.82) is 0 Å². The van der Waals surface area contributed by atoms with Gasteiger partial charge in [0.1, 0.15) is 18.1 Å². The summed E-state index contributed by atoms with van der Waals surface area (Å²) >= 11 is 0. The highest BCUT2D eigenvalue weighted by Crippen LogP contribution is 2.21. The molecule has 3 heteroatoms. The van der Waals surface area contributed by atoms with Crippen molar-refractivity contribution in [2.45, 2.75) is 39.0 Å². The second-order valence-corrected chi connectivity index (χ2v) is 3.91. The molecule has 1 heterocycles. The first kappa shape index (κ1) is 9.74. The van der Waals surface area contributed by atoms with Crippen LogP contribution in [-0.4, -0.2) is 13.2 Å². The summed E-state index contributed by atoms with van der Waals surface area (Å²) in [6.45, 7) is 3.48. The summed E-state index contributed by atoms with van der Waals surface area (Å²) in [4.78, 5) is 0. The van der Waals surface area contributed by atoms with Gasteiger partial charge < -0.3 is 14.5 Å². The first-order chi connectivity index (χ1) is 6.79. The Hall–Kier alpha value is -0.800. The van der Waals surface area contributed by atoms with E-state index in [-0.39, 0.29) is 0 Å². The average molecular weight is 195 g/mol. The van der Waals surface area contributed by atoms with E-state index in [0.29, 0.717) is 6.61 Å². The van der Waals surface area contributed by atoms with Crippen LogP contribution in [0.2, 0.25) is 0 Å². The molecule has 0 amide bonds. The number of nitrogens with one attached hydrogen (secondary N) is 1. The predicted molar refractivity (Wildman–Crippen MR) is 54.0 cm³/mol. The highest BCUT2D eigenvalue weighted by atomic mass is 16.5. The third kappa shape index (κ3) is 2.36. The van der Waals surface area contributed by atoms with Crippen LogP contribution in [0.5, 0.6) is 0 Å². The van der Waals surface area contributed by atoms with Gasteiger partial charge in [-0.15, -0.1) is 0 Å². The lowest BCUT2D eigenvalue weighted by molar-refractivity contribution is 0.162. The molecule has 3 nitrogen and oxygen atoms in total. The lowest BCUT2D eigenvalue weighted by atomic mass is 10.2. The van der Waals surface area contributed by atoms with E-state index in [1.54, 1.807) is 7.11 Å². The van der Waals surface area contributed by atoms with Crippen molar-refractivity contribution in [1.82, 2.24) is 5.32 Å². The van der Waals surface area contributed by atoms with Crippen LogP contribution in [0.3, 0.4) is 0 Å². The first-order valence-corrected chi connectivity index (χ1v) is 5.10. The Morgan fingerprint density at radius 1 is 1.57 bits per heavy atom. The van der Waals surface area contributed by atoms with Gasteiger partial charge in [-0.05, 0) is 31.4 Å². The molecule has 0 bridgehead atoms. The fourth-order valence-electron chi connectivity index (χ4n) is 1.50. The predicted octanol–water partition coefficient (Wildman–Crippen LogP) is 1.99. The van der Waals surface area contributed by atoms with E-state index in [0.717, 1.165) is 24.1 Å². The van der Waals surface area contributed by atoms with E-state index in [4.69, 9.17) is 9.15 Å². The first-order valence-electron chi connectivity index (χ1n) is 5.10. The van der Waals surface area contributed by atoms with Gasteiger partial charge in [0.25, 0.3) is 0 Å². The Morgan fingerprint density at radius 2 is 2.36 bits per heavy atom. The van der Waals surface area contributed by atoms with Crippen LogP contribution in [0.25, 0.3) is 0 Å². The lowest BCUT2D eigenvalue weighted by Crippen LogP contribution is -2.15. The summed E-state index contributed by atoms with van der Waals surface area (Å²) in [5, 5.41) is 3.43. The zero-order valence-corrected chi connectivity index (χ0v) is 8.80. The monoisotopic (exact) mass is 195 g/mol. The zero-order chi connectivity index (χ0) is 9.97. The number of rotatable bonds is 5. The quantitative estimate of drug-likeness (QED) is 0.780. The molecule has 0 unspecified atom stereocenters. The molecule has 0 saturated heterocycles. The molecule has 14 heavy (non-hydrogen) atoms. The summed E-state index contributed by atoms with van der Waals surface area (Å²) in [7, 11) is 1.68. The van der Waals surface area contributed by atoms with Gasteiger partial charge in [0.05, 0.1) is 6.54 Å². The summed E-state index contributed by atoms with van der Waals surface area (Å²) in [5.74, 6) is 1.96. The standard InChI is InChI=1S/C11H17NO2/c1-8-5-10(7-13-2)14-11(8)6-12-9-3-4-9/h5,9,12H,3-4,6-7H2,1-2H3. The molecular weight excluding hydrogens is 178 g/mol. The molecule has 1 aliphatic carbocycles. The SMILES string of the molecule is COCc1cc(C)c(CNC2CC2)o1. The number of aryl methyl sites for hydroxylation is 1. The maximum Gasteiger partial charge on any atom is 0.130 e. The van der Waals surface area contributed by atoms with E-state index in [2.05, 4.69) is 12.2 Å². The number of ether oxygens (including phenoxy) is 1. The second kappa shape index (κ2) is 4.15. The minimum absolute atomic E-state index is 0.560. The summed E-state index contributed by atoms with van der Waals surface area (Å²) in [6, 6.07) is 2.78. The van der Waals surface area contributed by atoms with Gasteiger partial charge in [-0.25, -0.2) is 0 Å². The van der Waals surface area contributed by atoms with E-state index in [9.17, 15) is 0 Å². The van der Waals surface area contributed by atoms with Crippen molar-refractivity contribution in [2.75, 3.05) is 7.11 Å². The molecule has 0 atom stereocenters. The highest BCUT2D eigenvalue weighted by molar-refractivity contribution is 5.19. The molecule has 0 aromatic carbocycles. The molecule has 1 saturated carbocycles. The minimum Gasteiger partial charge on any atom is -0.462 e. The van der Waals surface area contributed by atoms with Gasteiger partial charge in [-0.2, -0.15) is 0 Å². The molecule has 1 N–H and O–H groups in total. The smallest absolute Gasteiger partial charge is 0.130 e. The molecule has 0 aliphatic heterocycles. The Labute approximate surface area is 84.4 Å². The maximum absolute atomic E-state index is 5.65. The van der Waals surface area contributed by atoms with Gasteiger partial charge in [0, 0.05) is 13.2 Å². The summed E-state index contributed by atoms with van der Waals surface area (Å²) < 4.78 is 10.7. The molecule has 0 radical (unpaired) electrons. The Morgan fingerprint density at radius 3 is 3.00 bits per heavy atom. The van der Waals surface area contributed by atoms with E-state index in [1.807, 2.05) is 6.07 Å². The van der Waals surface area contributed by atoms with E-state index in [1.165, 1.54) is 18.4 Å². The highest BCUT2D eigenvalue weighted by Gasteiger charge is 2.21. The van der Waals surface area contributed by atoms with Crippen molar-refractivity contribution in [3.8, 4) is 0 Å². The fourth-order valence-corrected chi connectivity index (χ4v) is 1.50. The lowest BCUT2D eigenvalue weighted by Gasteiger charge is -2.00. The molecule has 1 aromatic rings. The second-order valence-electron chi connectivity index (χ2n) is 3.91. The van der Waals surface area contributed by atoms with E-state index < -0.39 is 0 Å². The van der Waals surface area contributed by atoms with Crippen LogP contribution in [0.15, 0.2) is 10.5 Å². The number of furan rings is 1.